The Balaban J connectivity index is 1.45. The van der Waals surface area contributed by atoms with E-state index in [4.69, 9.17) is 26.1 Å². The number of anilines is 1. The Morgan fingerprint density at radius 3 is 2.67 bits per heavy atom. The van der Waals surface area contributed by atoms with Gasteiger partial charge in [-0.05, 0) is 30.0 Å². The molecule has 0 aliphatic carbocycles. The van der Waals surface area contributed by atoms with E-state index in [0.29, 0.717) is 49.3 Å². The minimum atomic E-state index is -0.454. The van der Waals surface area contributed by atoms with Crippen molar-refractivity contribution in [2.24, 2.45) is 0 Å². The smallest absolute Gasteiger partial charge is 0.409 e. The Labute approximate surface area is 233 Å². The van der Waals surface area contributed by atoms with Gasteiger partial charge in [-0.3, -0.25) is 9.36 Å². The van der Waals surface area contributed by atoms with Crippen molar-refractivity contribution >= 4 is 29.4 Å². The molecular formula is C27H34ClN7O4. The lowest BCUT2D eigenvalue weighted by atomic mass is 10.1. The first-order valence-corrected chi connectivity index (χ1v) is 13.2. The molecule has 0 bridgehead atoms. The Bertz CT molecular complexity index is 1290. The third-order valence-electron chi connectivity index (χ3n) is 6.64. The van der Waals surface area contributed by atoms with Crippen molar-refractivity contribution < 1.29 is 19.1 Å². The minimum Gasteiger partial charge on any atom is -0.495 e. The molecule has 0 radical (unpaired) electrons. The zero-order valence-electron chi connectivity index (χ0n) is 22.6. The number of halogens is 1. The molecule has 2 aromatic heterocycles. The van der Waals surface area contributed by atoms with Gasteiger partial charge < -0.3 is 24.6 Å². The fourth-order valence-electron chi connectivity index (χ4n) is 4.48. The van der Waals surface area contributed by atoms with Crippen molar-refractivity contribution in [1.82, 2.24) is 29.7 Å². The van der Waals surface area contributed by atoms with E-state index in [1.165, 1.54) is 7.11 Å². The summed E-state index contributed by atoms with van der Waals surface area (Å²) < 4.78 is 12.0. The van der Waals surface area contributed by atoms with Crippen LogP contribution in [-0.2, 0) is 16.0 Å². The molecule has 1 unspecified atom stereocenters. The van der Waals surface area contributed by atoms with Crippen molar-refractivity contribution in [2.45, 2.75) is 38.6 Å². The number of nitrogens with zero attached hydrogens (tertiary/aromatic N) is 6. The minimum absolute atomic E-state index is 0.130. The Kier molecular flexibility index (Phi) is 9.23. The molecule has 1 aliphatic heterocycles. The molecule has 1 N–H and O–H groups in total. The van der Waals surface area contributed by atoms with Crippen LogP contribution in [-0.4, -0.2) is 82.9 Å². The first kappa shape index (κ1) is 28.2. The van der Waals surface area contributed by atoms with Crippen LogP contribution in [0.25, 0.3) is 5.95 Å². The van der Waals surface area contributed by atoms with Gasteiger partial charge >= 0.3 is 6.09 Å². The molecule has 0 saturated carbocycles. The molecule has 11 nitrogen and oxygen atoms in total. The highest BCUT2D eigenvalue weighted by atomic mass is 35.5. The number of amides is 2. The third kappa shape index (κ3) is 6.97. The second kappa shape index (κ2) is 12.8. The van der Waals surface area contributed by atoms with E-state index in [0.717, 1.165) is 17.1 Å². The van der Waals surface area contributed by atoms with Crippen LogP contribution in [0.15, 0.2) is 43.0 Å². The van der Waals surface area contributed by atoms with Gasteiger partial charge in [-0.25, -0.2) is 14.8 Å². The van der Waals surface area contributed by atoms with Crippen LogP contribution >= 0.6 is 11.6 Å². The number of carbonyl (C=O) groups is 2. The number of ether oxygens (including phenoxy) is 2. The summed E-state index contributed by atoms with van der Waals surface area (Å²) in [7, 11) is 2.92. The molecule has 0 spiro atoms. The number of methoxy groups -OCH3 is 2. The van der Waals surface area contributed by atoms with E-state index in [1.54, 1.807) is 41.4 Å². The number of imidazole rings is 1. The van der Waals surface area contributed by atoms with Crippen LogP contribution in [0.3, 0.4) is 0 Å². The maximum Gasteiger partial charge on any atom is 0.409 e. The van der Waals surface area contributed by atoms with Crippen molar-refractivity contribution in [1.29, 1.82) is 0 Å². The van der Waals surface area contributed by atoms with Crippen LogP contribution in [0.5, 0.6) is 5.75 Å². The maximum absolute atomic E-state index is 12.9. The van der Waals surface area contributed by atoms with Crippen molar-refractivity contribution in [3.8, 4) is 11.7 Å². The monoisotopic (exact) mass is 555 g/mol. The second-order valence-electron chi connectivity index (χ2n) is 9.61. The lowest BCUT2D eigenvalue weighted by molar-refractivity contribution is -0.122. The molecule has 1 aliphatic rings. The average molecular weight is 556 g/mol. The summed E-state index contributed by atoms with van der Waals surface area (Å²) in [5.41, 5.74) is 1.88. The SMILES string of the molecule is COC(=O)N1CCN(c2cc(C(C)C)nc(-n3ccnc3)n2)CC1CC(=O)NCCc1ccc(OC)c(Cl)c1. The summed E-state index contributed by atoms with van der Waals surface area (Å²) in [6.45, 7) is 5.96. The Morgan fingerprint density at radius 1 is 1.18 bits per heavy atom. The van der Waals surface area contributed by atoms with E-state index in [2.05, 4.69) is 34.0 Å². The van der Waals surface area contributed by atoms with E-state index in [9.17, 15) is 9.59 Å². The van der Waals surface area contributed by atoms with Crippen LogP contribution in [0.2, 0.25) is 5.02 Å². The summed E-state index contributed by atoms with van der Waals surface area (Å²) >= 11 is 6.21. The molecule has 4 rings (SSSR count). The van der Waals surface area contributed by atoms with E-state index < -0.39 is 12.1 Å². The fraction of sp³-hybridized carbons (Fsp3) is 0.444. The number of hydrogen-bond donors (Lipinski definition) is 1. The molecule has 3 heterocycles. The summed E-state index contributed by atoms with van der Waals surface area (Å²) in [6.07, 6.45) is 5.42. The van der Waals surface area contributed by atoms with Crippen LogP contribution in [0, 0.1) is 0 Å². The number of nitrogens with one attached hydrogen (secondary N) is 1. The predicted octanol–water partition coefficient (Wildman–Crippen LogP) is 3.45. The number of hydrogen-bond acceptors (Lipinski definition) is 8. The quantitative estimate of drug-likeness (QED) is 0.427. The maximum atomic E-state index is 12.9. The van der Waals surface area contributed by atoms with E-state index >= 15 is 0 Å². The third-order valence-corrected chi connectivity index (χ3v) is 6.93. The lowest BCUT2D eigenvalue weighted by Crippen LogP contribution is -2.56. The standard InChI is InChI=1S/C27H34ClN7O4/c1-18(2)22-15-24(32-26(31-22)34-10-9-29-17-34)33-11-12-35(27(37)39-4)20(16-33)14-25(36)30-8-7-19-5-6-23(38-3)21(28)13-19/h5-6,9-10,13,15,17-18,20H,7-8,11-12,14,16H2,1-4H3,(H,30,36). The van der Waals surface area contributed by atoms with Gasteiger partial charge in [0.2, 0.25) is 11.9 Å². The molecule has 3 aromatic rings. The summed E-state index contributed by atoms with van der Waals surface area (Å²) in [5, 5.41) is 3.49. The van der Waals surface area contributed by atoms with Crippen molar-refractivity contribution in [3.63, 3.8) is 0 Å². The van der Waals surface area contributed by atoms with Crippen molar-refractivity contribution in [3.05, 3.63) is 59.3 Å². The second-order valence-corrected chi connectivity index (χ2v) is 10.0. The molecule has 208 valence electrons. The Hall–Kier alpha value is -3.86. The summed E-state index contributed by atoms with van der Waals surface area (Å²) in [4.78, 5) is 42.7. The highest BCUT2D eigenvalue weighted by Gasteiger charge is 2.33. The zero-order chi connectivity index (χ0) is 27.9. The topological polar surface area (TPSA) is 115 Å². The molecule has 1 atom stereocenters. The highest BCUT2D eigenvalue weighted by Crippen LogP contribution is 2.26. The normalized spacial score (nSPS) is 15.4. The molecule has 1 fully saturated rings. The average Bonchev–Trinajstić information content (AvgIpc) is 3.48. The molecule has 2 amide bonds. The zero-order valence-corrected chi connectivity index (χ0v) is 23.4. The molecule has 1 saturated heterocycles. The molecular weight excluding hydrogens is 522 g/mol. The largest absolute Gasteiger partial charge is 0.495 e. The first-order chi connectivity index (χ1) is 18.8. The van der Waals surface area contributed by atoms with Gasteiger partial charge in [0, 0.05) is 51.1 Å². The number of carbonyl (C=O) groups excluding carboxylic acids is 2. The number of aromatic nitrogens is 4. The van der Waals surface area contributed by atoms with E-state index in [1.807, 2.05) is 18.2 Å². The number of rotatable bonds is 9. The van der Waals surface area contributed by atoms with Gasteiger partial charge in [-0.1, -0.05) is 31.5 Å². The lowest BCUT2D eigenvalue weighted by Gasteiger charge is -2.41. The van der Waals surface area contributed by atoms with Gasteiger partial charge in [-0.15, -0.1) is 0 Å². The Morgan fingerprint density at radius 2 is 2.00 bits per heavy atom. The molecule has 1 aromatic carbocycles. The van der Waals surface area contributed by atoms with Crippen molar-refractivity contribution in [2.75, 3.05) is 45.3 Å². The first-order valence-electron chi connectivity index (χ1n) is 12.8. The molecule has 12 heteroatoms. The van der Waals surface area contributed by atoms with Gasteiger partial charge in [-0.2, -0.15) is 4.98 Å². The predicted molar refractivity (Wildman–Crippen MR) is 148 cm³/mol. The molecule has 39 heavy (non-hydrogen) atoms. The van der Waals surface area contributed by atoms with Gasteiger partial charge in [0.15, 0.2) is 0 Å². The highest BCUT2D eigenvalue weighted by molar-refractivity contribution is 6.32. The fourth-order valence-corrected chi connectivity index (χ4v) is 4.76. The van der Waals surface area contributed by atoms with Gasteiger partial charge in [0.05, 0.1) is 31.0 Å². The number of piperazine rings is 1. The summed E-state index contributed by atoms with van der Waals surface area (Å²) in [5.74, 6) is 1.91. The van der Waals surface area contributed by atoms with Crippen LogP contribution < -0.4 is 15.0 Å². The van der Waals surface area contributed by atoms with E-state index in [-0.39, 0.29) is 18.2 Å². The van der Waals surface area contributed by atoms with Gasteiger partial charge in [0.25, 0.3) is 0 Å². The van der Waals surface area contributed by atoms with Crippen LogP contribution in [0.1, 0.15) is 37.4 Å². The van der Waals surface area contributed by atoms with Gasteiger partial charge in [0.1, 0.15) is 17.9 Å². The number of benzene rings is 1. The summed E-state index contributed by atoms with van der Waals surface area (Å²) in [6, 6.07) is 7.13. The van der Waals surface area contributed by atoms with Crippen LogP contribution in [0.4, 0.5) is 10.6 Å².